The van der Waals surface area contributed by atoms with Gasteiger partial charge in [-0.2, -0.15) is 4.98 Å². The van der Waals surface area contributed by atoms with Crippen LogP contribution >= 0.6 is 11.8 Å². The fourth-order valence-corrected chi connectivity index (χ4v) is 3.05. The second-order valence-electron chi connectivity index (χ2n) is 4.34. The summed E-state index contributed by atoms with van der Waals surface area (Å²) < 4.78 is 6.75. The zero-order valence-electron chi connectivity index (χ0n) is 10.8. The predicted molar refractivity (Wildman–Crippen MR) is 76.0 cm³/mol. The van der Waals surface area contributed by atoms with Crippen molar-refractivity contribution in [2.24, 2.45) is 0 Å². The molecule has 0 fully saturated rings. The van der Waals surface area contributed by atoms with Crippen LogP contribution in [0.4, 0.5) is 0 Å². The van der Waals surface area contributed by atoms with Crippen molar-refractivity contribution >= 4 is 17.7 Å². The maximum Gasteiger partial charge on any atom is 0.309 e. The van der Waals surface area contributed by atoms with Gasteiger partial charge in [-0.05, 0) is 5.56 Å². The van der Waals surface area contributed by atoms with E-state index in [1.807, 2.05) is 18.2 Å². The van der Waals surface area contributed by atoms with Crippen LogP contribution in [0.2, 0.25) is 0 Å². The number of rotatable bonds is 2. The molecule has 0 bridgehead atoms. The minimum absolute atomic E-state index is 0.0920. The molecule has 3 rings (SSSR count). The van der Waals surface area contributed by atoms with Crippen molar-refractivity contribution < 1.29 is 9.53 Å². The van der Waals surface area contributed by atoms with Crippen LogP contribution in [0.25, 0.3) is 11.1 Å². The van der Waals surface area contributed by atoms with Gasteiger partial charge in [-0.1, -0.05) is 42.1 Å². The number of benzene rings is 1. The highest BCUT2D eigenvalue weighted by atomic mass is 32.2. The fraction of sp³-hybridized carbons (Fsp3) is 0.214. The Morgan fingerprint density at radius 1 is 1.35 bits per heavy atom. The summed E-state index contributed by atoms with van der Waals surface area (Å²) in [5, 5.41) is 0.603. The lowest BCUT2D eigenvalue weighted by molar-refractivity contribution is -0.132. The van der Waals surface area contributed by atoms with Crippen LogP contribution in [0.15, 0.2) is 40.3 Å². The van der Waals surface area contributed by atoms with Gasteiger partial charge in [0.2, 0.25) is 5.88 Å². The van der Waals surface area contributed by atoms with E-state index in [1.165, 1.54) is 18.7 Å². The SMILES string of the molecule is CC(=O)Oc1nc2n(c(=O)c1-c1ccccc1)CCS2. The maximum absolute atomic E-state index is 12.6. The Morgan fingerprint density at radius 3 is 2.80 bits per heavy atom. The third-order valence-electron chi connectivity index (χ3n) is 2.95. The Morgan fingerprint density at radius 2 is 2.10 bits per heavy atom. The van der Waals surface area contributed by atoms with Gasteiger partial charge in [-0.3, -0.25) is 14.2 Å². The van der Waals surface area contributed by atoms with E-state index in [-0.39, 0.29) is 11.4 Å². The van der Waals surface area contributed by atoms with Crippen LogP contribution in [0.3, 0.4) is 0 Å². The Hall–Kier alpha value is -2.08. The predicted octanol–water partition coefficient (Wildman–Crippen LogP) is 1.94. The van der Waals surface area contributed by atoms with Crippen LogP contribution in [-0.4, -0.2) is 21.3 Å². The summed E-state index contributed by atoms with van der Waals surface area (Å²) in [6.45, 7) is 1.93. The molecule has 1 aromatic heterocycles. The molecule has 5 nitrogen and oxygen atoms in total. The van der Waals surface area contributed by atoms with E-state index < -0.39 is 5.97 Å². The molecule has 2 heterocycles. The van der Waals surface area contributed by atoms with Gasteiger partial charge >= 0.3 is 5.97 Å². The number of aromatic nitrogens is 2. The number of thioether (sulfide) groups is 1. The van der Waals surface area contributed by atoms with Crippen molar-refractivity contribution in [1.82, 2.24) is 9.55 Å². The average molecular weight is 288 g/mol. The smallest absolute Gasteiger partial charge is 0.309 e. The lowest BCUT2D eigenvalue weighted by Crippen LogP contribution is -2.24. The molecule has 6 heteroatoms. The second-order valence-corrected chi connectivity index (χ2v) is 5.40. The summed E-state index contributed by atoms with van der Waals surface area (Å²) in [6.07, 6.45) is 0. The van der Waals surface area contributed by atoms with E-state index in [9.17, 15) is 9.59 Å². The summed E-state index contributed by atoms with van der Waals surface area (Å²) >= 11 is 1.49. The highest BCUT2D eigenvalue weighted by molar-refractivity contribution is 7.99. The van der Waals surface area contributed by atoms with Crippen LogP contribution in [0, 0.1) is 0 Å². The maximum atomic E-state index is 12.6. The second kappa shape index (κ2) is 5.13. The van der Waals surface area contributed by atoms with Gasteiger partial charge in [0.25, 0.3) is 5.56 Å². The molecular weight excluding hydrogens is 276 g/mol. The Bertz CT molecular complexity index is 725. The molecule has 20 heavy (non-hydrogen) atoms. The Balaban J connectivity index is 2.25. The van der Waals surface area contributed by atoms with E-state index >= 15 is 0 Å². The molecule has 0 atom stereocenters. The quantitative estimate of drug-likeness (QED) is 0.624. The first-order valence-corrected chi connectivity index (χ1v) is 7.17. The average Bonchev–Trinajstić information content (AvgIpc) is 2.88. The highest BCUT2D eigenvalue weighted by Crippen LogP contribution is 2.30. The molecule has 1 aliphatic rings. The zero-order chi connectivity index (χ0) is 14.1. The normalized spacial score (nSPS) is 13.1. The molecule has 0 aliphatic carbocycles. The summed E-state index contributed by atoms with van der Waals surface area (Å²) in [4.78, 5) is 28.1. The van der Waals surface area contributed by atoms with Crippen molar-refractivity contribution in [1.29, 1.82) is 0 Å². The molecule has 1 aromatic carbocycles. The molecule has 0 saturated carbocycles. The van der Waals surface area contributed by atoms with E-state index in [2.05, 4.69) is 4.98 Å². The first-order chi connectivity index (χ1) is 9.66. The Kier molecular flexibility index (Phi) is 3.31. The molecule has 102 valence electrons. The fourth-order valence-electron chi connectivity index (χ4n) is 2.11. The van der Waals surface area contributed by atoms with Gasteiger partial charge in [0.15, 0.2) is 5.16 Å². The number of hydrogen-bond donors (Lipinski definition) is 0. The summed E-state index contributed by atoms with van der Waals surface area (Å²) in [5.41, 5.74) is 0.878. The molecule has 0 N–H and O–H groups in total. The molecule has 1 aliphatic heterocycles. The van der Waals surface area contributed by atoms with Crippen LogP contribution < -0.4 is 10.3 Å². The van der Waals surface area contributed by atoms with E-state index in [4.69, 9.17) is 4.74 Å². The van der Waals surface area contributed by atoms with Crippen LogP contribution in [0.1, 0.15) is 6.92 Å². The van der Waals surface area contributed by atoms with Crippen LogP contribution in [0.5, 0.6) is 5.88 Å². The number of esters is 1. The summed E-state index contributed by atoms with van der Waals surface area (Å²) in [5.74, 6) is 0.413. The number of fused-ring (bicyclic) bond motifs is 1. The third kappa shape index (κ3) is 2.22. The Labute approximate surface area is 119 Å². The molecule has 0 saturated heterocycles. The number of carbonyl (C=O) groups is 1. The van der Waals surface area contributed by atoms with Crippen molar-refractivity contribution in [3.05, 3.63) is 40.7 Å². The monoisotopic (exact) mass is 288 g/mol. The largest absolute Gasteiger partial charge is 0.407 e. The van der Waals surface area contributed by atoms with Crippen molar-refractivity contribution in [3.8, 4) is 17.0 Å². The molecule has 0 spiro atoms. The van der Waals surface area contributed by atoms with Crippen molar-refractivity contribution in [2.45, 2.75) is 18.6 Å². The number of nitrogens with zero attached hydrogens (tertiary/aromatic N) is 2. The van der Waals surface area contributed by atoms with Gasteiger partial charge in [-0.15, -0.1) is 0 Å². The lowest BCUT2D eigenvalue weighted by atomic mass is 10.1. The number of carbonyl (C=O) groups excluding carboxylic acids is 1. The third-order valence-corrected chi connectivity index (χ3v) is 3.91. The standard InChI is InChI=1S/C14H12N2O3S/c1-9(17)19-12-11(10-5-3-2-4-6-10)13(18)16-7-8-20-14(16)15-12/h2-6H,7-8H2,1H3. The van der Waals surface area contributed by atoms with Crippen molar-refractivity contribution in [2.75, 3.05) is 5.75 Å². The summed E-state index contributed by atoms with van der Waals surface area (Å²) in [6, 6.07) is 9.14. The van der Waals surface area contributed by atoms with Gasteiger partial charge in [0.1, 0.15) is 5.56 Å². The first kappa shape index (κ1) is 12.9. The van der Waals surface area contributed by atoms with Crippen LogP contribution in [-0.2, 0) is 11.3 Å². The molecule has 0 radical (unpaired) electrons. The molecular formula is C14H12N2O3S. The minimum Gasteiger partial charge on any atom is -0.407 e. The summed E-state index contributed by atoms with van der Waals surface area (Å²) in [7, 11) is 0. The van der Waals surface area contributed by atoms with E-state index in [0.29, 0.717) is 22.8 Å². The molecule has 2 aromatic rings. The van der Waals surface area contributed by atoms with Gasteiger partial charge in [-0.25, -0.2) is 0 Å². The highest BCUT2D eigenvalue weighted by Gasteiger charge is 2.23. The van der Waals surface area contributed by atoms with Gasteiger partial charge in [0, 0.05) is 19.2 Å². The van der Waals surface area contributed by atoms with Gasteiger partial charge < -0.3 is 4.74 Å². The minimum atomic E-state index is -0.484. The zero-order valence-corrected chi connectivity index (χ0v) is 11.6. The molecule has 0 unspecified atom stereocenters. The van der Waals surface area contributed by atoms with Gasteiger partial charge in [0.05, 0.1) is 0 Å². The first-order valence-electron chi connectivity index (χ1n) is 6.18. The topological polar surface area (TPSA) is 61.2 Å². The molecule has 0 amide bonds. The van der Waals surface area contributed by atoms with E-state index in [0.717, 1.165) is 5.75 Å². The lowest BCUT2D eigenvalue weighted by Gasteiger charge is -2.10. The number of hydrogen-bond acceptors (Lipinski definition) is 5. The van der Waals surface area contributed by atoms with Crippen molar-refractivity contribution in [3.63, 3.8) is 0 Å². The number of ether oxygens (including phenoxy) is 1. The van der Waals surface area contributed by atoms with E-state index in [1.54, 1.807) is 16.7 Å².